The molecule has 1 unspecified atom stereocenters. The Labute approximate surface area is 144 Å². The summed E-state index contributed by atoms with van der Waals surface area (Å²) in [6.07, 6.45) is 6.05. The Bertz CT molecular complexity index is 594. The summed E-state index contributed by atoms with van der Waals surface area (Å²) in [4.78, 5) is 19.0. The van der Waals surface area contributed by atoms with E-state index in [1.807, 2.05) is 13.0 Å². The van der Waals surface area contributed by atoms with Crippen LogP contribution < -0.4 is 5.32 Å². The first-order valence-electron chi connectivity index (χ1n) is 8.97. The fourth-order valence-electron chi connectivity index (χ4n) is 3.27. The summed E-state index contributed by atoms with van der Waals surface area (Å²) in [5.74, 6) is 0.0481. The van der Waals surface area contributed by atoms with Gasteiger partial charge in [0.2, 0.25) is 5.91 Å². The number of nitrogens with zero attached hydrogens (tertiary/aromatic N) is 2. The van der Waals surface area contributed by atoms with Crippen LogP contribution in [0.15, 0.2) is 24.3 Å². The predicted octanol–water partition coefficient (Wildman–Crippen LogP) is 2.16. The Morgan fingerprint density at radius 2 is 2.33 bits per heavy atom. The SMILES string of the molecule is Cc1cccc(C2=CCN(CCNC(=O)C3CCCCO3)CC2)n1. The third-order valence-electron chi connectivity index (χ3n) is 4.71. The van der Waals surface area contributed by atoms with Crippen molar-refractivity contribution in [2.24, 2.45) is 0 Å². The molecule has 0 spiro atoms. The smallest absolute Gasteiger partial charge is 0.249 e. The van der Waals surface area contributed by atoms with E-state index in [-0.39, 0.29) is 12.0 Å². The van der Waals surface area contributed by atoms with Crippen molar-refractivity contribution < 1.29 is 9.53 Å². The number of aryl methyl sites for hydroxylation is 1. The molecule has 24 heavy (non-hydrogen) atoms. The van der Waals surface area contributed by atoms with Crippen LogP contribution in [-0.4, -0.2) is 54.7 Å². The minimum atomic E-state index is -0.237. The normalized spacial score (nSPS) is 22.0. The molecule has 0 saturated carbocycles. The van der Waals surface area contributed by atoms with Gasteiger partial charge in [-0.2, -0.15) is 0 Å². The molecule has 0 aliphatic carbocycles. The van der Waals surface area contributed by atoms with Crippen LogP contribution in [0.25, 0.3) is 5.57 Å². The summed E-state index contributed by atoms with van der Waals surface area (Å²) >= 11 is 0. The lowest BCUT2D eigenvalue weighted by atomic mass is 10.0. The Kier molecular flexibility index (Phi) is 5.99. The Morgan fingerprint density at radius 3 is 3.04 bits per heavy atom. The molecule has 3 heterocycles. The van der Waals surface area contributed by atoms with Gasteiger partial charge in [0.1, 0.15) is 6.10 Å². The molecule has 0 aromatic carbocycles. The lowest BCUT2D eigenvalue weighted by Gasteiger charge is -2.27. The molecule has 1 amide bonds. The zero-order chi connectivity index (χ0) is 16.8. The van der Waals surface area contributed by atoms with Crippen LogP contribution in [0.1, 0.15) is 37.1 Å². The summed E-state index contributed by atoms with van der Waals surface area (Å²) in [6, 6.07) is 6.17. The van der Waals surface area contributed by atoms with Crippen LogP contribution in [0.2, 0.25) is 0 Å². The van der Waals surface area contributed by atoms with E-state index in [4.69, 9.17) is 4.74 Å². The highest BCUT2D eigenvalue weighted by atomic mass is 16.5. The third kappa shape index (κ3) is 4.65. The molecule has 1 N–H and O–H groups in total. The summed E-state index contributed by atoms with van der Waals surface area (Å²) in [7, 11) is 0. The summed E-state index contributed by atoms with van der Waals surface area (Å²) in [6.45, 7) is 6.23. The van der Waals surface area contributed by atoms with Crippen molar-refractivity contribution in [2.45, 2.75) is 38.7 Å². The molecule has 1 saturated heterocycles. The second-order valence-corrected chi connectivity index (χ2v) is 6.59. The van der Waals surface area contributed by atoms with Gasteiger partial charge in [0, 0.05) is 38.5 Å². The predicted molar refractivity (Wildman–Crippen MR) is 94.6 cm³/mol. The average molecular weight is 329 g/mol. The monoisotopic (exact) mass is 329 g/mol. The minimum absolute atomic E-state index is 0.0481. The number of ether oxygens (including phenoxy) is 1. The fraction of sp³-hybridized carbons (Fsp3) is 0.579. The maximum atomic E-state index is 12.0. The molecule has 5 heteroatoms. The third-order valence-corrected chi connectivity index (χ3v) is 4.71. The van der Waals surface area contributed by atoms with Crippen molar-refractivity contribution in [3.8, 4) is 0 Å². The first-order valence-corrected chi connectivity index (χ1v) is 8.97. The minimum Gasteiger partial charge on any atom is -0.368 e. The molecule has 0 radical (unpaired) electrons. The van der Waals surface area contributed by atoms with Crippen molar-refractivity contribution >= 4 is 11.5 Å². The van der Waals surface area contributed by atoms with Gasteiger partial charge in [-0.15, -0.1) is 0 Å². The van der Waals surface area contributed by atoms with Gasteiger partial charge in [-0.05, 0) is 50.3 Å². The van der Waals surface area contributed by atoms with Crippen LogP contribution in [0.4, 0.5) is 0 Å². The lowest BCUT2D eigenvalue weighted by molar-refractivity contribution is -0.135. The molecular weight excluding hydrogens is 302 g/mol. The maximum absolute atomic E-state index is 12.0. The van der Waals surface area contributed by atoms with E-state index >= 15 is 0 Å². The van der Waals surface area contributed by atoms with Crippen LogP contribution in [-0.2, 0) is 9.53 Å². The first kappa shape index (κ1) is 17.1. The number of amides is 1. The largest absolute Gasteiger partial charge is 0.368 e. The Hall–Kier alpha value is -1.72. The van der Waals surface area contributed by atoms with E-state index in [0.717, 1.165) is 56.7 Å². The van der Waals surface area contributed by atoms with E-state index in [0.29, 0.717) is 13.2 Å². The summed E-state index contributed by atoms with van der Waals surface area (Å²) in [5, 5.41) is 3.01. The summed E-state index contributed by atoms with van der Waals surface area (Å²) < 4.78 is 5.51. The van der Waals surface area contributed by atoms with Crippen molar-refractivity contribution in [2.75, 3.05) is 32.8 Å². The molecule has 130 valence electrons. The standard InChI is InChI=1S/C19H27N3O2/c1-15-5-4-6-17(21-15)16-8-11-22(12-9-16)13-10-20-19(23)18-7-2-3-14-24-18/h4-6,8,18H,2-3,7,9-14H2,1H3,(H,20,23). The van der Waals surface area contributed by atoms with E-state index in [2.05, 4.69) is 33.4 Å². The van der Waals surface area contributed by atoms with Gasteiger partial charge in [-0.1, -0.05) is 12.1 Å². The molecule has 1 fully saturated rings. The fourth-order valence-corrected chi connectivity index (χ4v) is 3.27. The number of carbonyl (C=O) groups is 1. The van der Waals surface area contributed by atoms with Crippen LogP contribution in [0, 0.1) is 6.92 Å². The number of pyridine rings is 1. The van der Waals surface area contributed by atoms with Crippen LogP contribution >= 0.6 is 0 Å². The molecule has 1 atom stereocenters. The van der Waals surface area contributed by atoms with E-state index < -0.39 is 0 Å². The zero-order valence-corrected chi connectivity index (χ0v) is 14.5. The highest BCUT2D eigenvalue weighted by Gasteiger charge is 2.21. The Balaban J connectivity index is 1.41. The van der Waals surface area contributed by atoms with Crippen LogP contribution in [0.3, 0.4) is 0 Å². The zero-order valence-electron chi connectivity index (χ0n) is 14.5. The van der Waals surface area contributed by atoms with Gasteiger partial charge in [-0.3, -0.25) is 14.7 Å². The van der Waals surface area contributed by atoms with Gasteiger partial charge < -0.3 is 10.1 Å². The van der Waals surface area contributed by atoms with E-state index in [1.165, 1.54) is 5.57 Å². The highest BCUT2D eigenvalue weighted by Crippen LogP contribution is 2.20. The molecule has 2 aliphatic rings. The van der Waals surface area contributed by atoms with Crippen molar-refractivity contribution in [1.29, 1.82) is 0 Å². The molecule has 1 aromatic heterocycles. The average Bonchev–Trinajstić information content (AvgIpc) is 2.63. The first-order chi connectivity index (χ1) is 11.7. The van der Waals surface area contributed by atoms with E-state index in [1.54, 1.807) is 0 Å². The maximum Gasteiger partial charge on any atom is 0.249 e. The molecular formula is C19H27N3O2. The molecule has 3 rings (SSSR count). The topological polar surface area (TPSA) is 54.5 Å². The van der Waals surface area contributed by atoms with Gasteiger partial charge in [0.05, 0.1) is 5.69 Å². The molecule has 1 aromatic rings. The van der Waals surface area contributed by atoms with Gasteiger partial charge in [0.25, 0.3) is 0 Å². The van der Waals surface area contributed by atoms with Gasteiger partial charge in [0.15, 0.2) is 0 Å². The number of nitrogens with one attached hydrogen (secondary N) is 1. The number of hydrogen-bond donors (Lipinski definition) is 1. The number of carbonyl (C=O) groups excluding carboxylic acids is 1. The number of rotatable bonds is 5. The summed E-state index contributed by atoms with van der Waals surface area (Å²) in [5.41, 5.74) is 3.48. The van der Waals surface area contributed by atoms with Crippen molar-refractivity contribution in [3.63, 3.8) is 0 Å². The number of aromatic nitrogens is 1. The van der Waals surface area contributed by atoms with Gasteiger partial charge >= 0.3 is 0 Å². The van der Waals surface area contributed by atoms with Crippen molar-refractivity contribution in [3.05, 3.63) is 35.7 Å². The quantitative estimate of drug-likeness (QED) is 0.899. The van der Waals surface area contributed by atoms with Crippen LogP contribution in [0.5, 0.6) is 0 Å². The highest BCUT2D eigenvalue weighted by molar-refractivity contribution is 5.80. The Morgan fingerprint density at radius 1 is 1.42 bits per heavy atom. The molecule has 5 nitrogen and oxygen atoms in total. The van der Waals surface area contributed by atoms with E-state index in [9.17, 15) is 4.79 Å². The lowest BCUT2D eigenvalue weighted by Crippen LogP contribution is -2.42. The number of hydrogen-bond acceptors (Lipinski definition) is 4. The van der Waals surface area contributed by atoms with Gasteiger partial charge in [-0.25, -0.2) is 0 Å². The van der Waals surface area contributed by atoms with Crippen molar-refractivity contribution in [1.82, 2.24) is 15.2 Å². The second-order valence-electron chi connectivity index (χ2n) is 6.59. The molecule has 0 bridgehead atoms. The molecule has 2 aliphatic heterocycles. The second kappa shape index (κ2) is 8.40.